The maximum atomic E-state index is 6.10. The zero-order valence-corrected chi connectivity index (χ0v) is 24.2. The quantitative estimate of drug-likeness (QED) is 0.355. The van der Waals surface area contributed by atoms with Gasteiger partial charge < -0.3 is 24.4 Å². The third-order valence-electron chi connectivity index (χ3n) is 5.08. The Morgan fingerprint density at radius 2 is 1.76 bits per heavy atom. The van der Waals surface area contributed by atoms with Crippen LogP contribution in [0.5, 0.6) is 5.75 Å². The van der Waals surface area contributed by atoms with Crippen molar-refractivity contribution in [1.29, 1.82) is 0 Å². The van der Waals surface area contributed by atoms with Gasteiger partial charge in [0.1, 0.15) is 5.75 Å². The van der Waals surface area contributed by atoms with Gasteiger partial charge in [-0.3, -0.25) is 0 Å². The molecule has 0 unspecified atom stereocenters. The molecule has 0 radical (unpaired) electrons. The molecule has 1 aromatic rings. The Morgan fingerprint density at radius 3 is 2.26 bits per heavy atom. The van der Waals surface area contributed by atoms with Crippen LogP contribution in [0, 0.1) is 12.8 Å². The van der Waals surface area contributed by atoms with Crippen LogP contribution in [0.25, 0.3) is 0 Å². The highest BCUT2D eigenvalue weighted by molar-refractivity contribution is 8.28. The topological polar surface area (TPSA) is 83.6 Å². The number of aliphatic imine (C=N–C) groups is 1. The summed E-state index contributed by atoms with van der Waals surface area (Å²) in [7, 11) is 0.592. The van der Waals surface area contributed by atoms with E-state index in [-0.39, 0.29) is 11.1 Å². The smallest absolute Gasteiger partial charge is 0.217 e. The average molecular weight is 501 g/mol. The second kappa shape index (κ2) is 17.8. The maximum Gasteiger partial charge on any atom is 0.217 e. The van der Waals surface area contributed by atoms with Gasteiger partial charge in [-0.25, -0.2) is 4.99 Å². The maximum absolute atomic E-state index is 6.10. The molecule has 1 aliphatic heterocycles. The summed E-state index contributed by atoms with van der Waals surface area (Å²) in [5, 5.41) is 3.39. The van der Waals surface area contributed by atoms with Crippen LogP contribution in [0.2, 0.25) is 0 Å². The van der Waals surface area contributed by atoms with Gasteiger partial charge in [0.15, 0.2) is 0 Å². The van der Waals surface area contributed by atoms with Gasteiger partial charge in [0, 0.05) is 24.6 Å². The Hall–Kier alpha value is -1.54. The molecular weight excluding hydrogens is 448 g/mol. The van der Waals surface area contributed by atoms with Gasteiger partial charge in [-0.15, -0.1) is 0 Å². The first-order chi connectivity index (χ1) is 15.5. The molecule has 1 saturated heterocycles. The lowest BCUT2D eigenvalue weighted by Crippen LogP contribution is -2.30. The first-order valence-corrected chi connectivity index (χ1v) is 14.6. The monoisotopic (exact) mass is 500 g/mol. The molecule has 6 nitrogen and oxygen atoms in total. The lowest BCUT2D eigenvalue weighted by atomic mass is 9.99. The van der Waals surface area contributed by atoms with Crippen LogP contribution in [0.4, 0.5) is 0 Å². The van der Waals surface area contributed by atoms with E-state index in [1.807, 2.05) is 40.7 Å². The molecule has 3 N–H and O–H groups in total. The van der Waals surface area contributed by atoms with E-state index in [9.17, 15) is 0 Å². The largest absolute Gasteiger partial charge is 0.493 e. The van der Waals surface area contributed by atoms with Gasteiger partial charge in [0.25, 0.3) is 0 Å². The Bertz CT molecular complexity index is 709. The molecule has 0 amide bonds. The minimum Gasteiger partial charge on any atom is -0.493 e. The molecule has 1 heterocycles. The van der Waals surface area contributed by atoms with Crippen LogP contribution in [0.1, 0.15) is 65.5 Å². The average Bonchev–Trinajstić information content (AvgIpc) is 2.79. The van der Waals surface area contributed by atoms with Gasteiger partial charge in [0.2, 0.25) is 5.88 Å². The SMILES string of the molecule is C=C(/N=C/c1cc(C)ccc1OCC1CCNCC1)OS(C)(C)CC.CC.COC(C)(C)C.O. The minimum absolute atomic E-state index is 0. The zero-order chi connectivity index (χ0) is 25.5. The minimum atomic E-state index is -1.12. The van der Waals surface area contributed by atoms with Crippen molar-refractivity contribution >= 4 is 16.5 Å². The molecule has 0 bridgehead atoms. The van der Waals surface area contributed by atoms with Crippen molar-refractivity contribution in [3.05, 3.63) is 41.8 Å². The molecule has 0 atom stereocenters. The summed E-state index contributed by atoms with van der Waals surface area (Å²) >= 11 is 0. The number of methoxy groups -OCH3 is 1. The highest BCUT2D eigenvalue weighted by Crippen LogP contribution is 2.42. The fourth-order valence-electron chi connectivity index (χ4n) is 2.64. The third kappa shape index (κ3) is 16.1. The van der Waals surface area contributed by atoms with E-state index in [1.54, 1.807) is 13.3 Å². The number of rotatable bonds is 8. The number of aryl methyl sites for hydroxylation is 1. The Morgan fingerprint density at radius 1 is 1.21 bits per heavy atom. The summed E-state index contributed by atoms with van der Waals surface area (Å²) in [4.78, 5) is 4.41. The van der Waals surface area contributed by atoms with Crippen LogP contribution in [-0.4, -0.2) is 62.4 Å². The predicted molar refractivity (Wildman–Crippen MR) is 152 cm³/mol. The normalized spacial score (nSPS) is 14.6. The number of piperidine rings is 1. The summed E-state index contributed by atoms with van der Waals surface area (Å²) < 4.78 is 16.9. The lowest BCUT2D eigenvalue weighted by Gasteiger charge is -2.29. The predicted octanol–water partition coefficient (Wildman–Crippen LogP) is 5.91. The number of hydrogen-bond acceptors (Lipinski definition) is 5. The first-order valence-electron chi connectivity index (χ1n) is 12.1. The molecule has 1 aliphatic rings. The fourth-order valence-corrected chi connectivity index (χ4v) is 3.32. The van der Waals surface area contributed by atoms with Crippen LogP contribution >= 0.6 is 10.3 Å². The van der Waals surface area contributed by atoms with E-state index >= 15 is 0 Å². The molecule has 0 aliphatic carbocycles. The van der Waals surface area contributed by atoms with E-state index < -0.39 is 10.3 Å². The number of ether oxygens (including phenoxy) is 2. The third-order valence-corrected chi connectivity index (χ3v) is 7.11. The van der Waals surface area contributed by atoms with Crippen molar-refractivity contribution in [3.8, 4) is 5.75 Å². The summed E-state index contributed by atoms with van der Waals surface area (Å²) in [6.45, 7) is 21.1. The van der Waals surface area contributed by atoms with E-state index in [1.165, 1.54) is 18.4 Å². The number of hydrogen-bond donors (Lipinski definition) is 1. The number of nitrogens with one attached hydrogen (secondary N) is 1. The molecule has 2 rings (SSSR count). The molecule has 0 aromatic heterocycles. The zero-order valence-electron chi connectivity index (χ0n) is 23.4. The van der Waals surface area contributed by atoms with Crippen molar-refractivity contribution < 1.29 is 19.1 Å². The van der Waals surface area contributed by atoms with E-state index in [0.717, 1.165) is 36.8 Å². The molecule has 1 aromatic carbocycles. The molecule has 0 spiro atoms. The Balaban J connectivity index is 0. The van der Waals surface area contributed by atoms with Gasteiger partial charge in [-0.1, -0.05) is 42.7 Å². The van der Waals surface area contributed by atoms with Crippen LogP contribution < -0.4 is 10.1 Å². The summed E-state index contributed by atoms with van der Waals surface area (Å²) in [5.74, 6) is 2.95. The van der Waals surface area contributed by atoms with Crippen LogP contribution in [0.15, 0.2) is 35.7 Å². The Kier molecular flexibility index (Phi) is 18.2. The van der Waals surface area contributed by atoms with Crippen LogP contribution in [0.3, 0.4) is 0 Å². The van der Waals surface area contributed by atoms with Gasteiger partial charge in [0.05, 0.1) is 12.2 Å². The second-order valence-electron chi connectivity index (χ2n) is 9.32. The van der Waals surface area contributed by atoms with Crippen molar-refractivity contribution in [3.63, 3.8) is 0 Å². The Labute approximate surface area is 211 Å². The fraction of sp³-hybridized carbons (Fsp3) is 0.667. The van der Waals surface area contributed by atoms with Gasteiger partial charge in [-0.2, -0.15) is 0 Å². The van der Waals surface area contributed by atoms with Crippen molar-refractivity contribution in [2.75, 3.05) is 45.1 Å². The first kappa shape index (κ1) is 34.6. The van der Waals surface area contributed by atoms with E-state index in [4.69, 9.17) is 13.7 Å². The molecular formula is C27H52N2O4S. The molecule has 200 valence electrons. The van der Waals surface area contributed by atoms with E-state index in [2.05, 4.69) is 55.4 Å². The molecule has 1 fully saturated rings. The van der Waals surface area contributed by atoms with E-state index in [0.29, 0.717) is 11.8 Å². The van der Waals surface area contributed by atoms with Gasteiger partial charge in [-0.05, 0) is 90.8 Å². The second-order valence-corrected chi connectivity index (χ2v) is 12.9. The van der Waals surface area contributed by atoms with Crippen molar-refractivity contribution in [2.45, 2.75) is 66.9 Å². The van der Waals surface area contributed by atoms with Crippen LogP contribution in [-0.2, 0) is 8.92 Å². The summed E-state index contributed by atoms with van der Waals surface area (Å²) in [6.07, 6.45) is 8.39. The number of benzene rings is 1. The summed E-state index contributed by atoms with van der Waals surface area (Å²) in [5.41, 5.74) is 2.20. The highest BCUT2D eigenvalue weighted by Gasteiger charge is 2.15. The lowest BCUT2D eigenvalue weighted by molar-refractivity contribution is 0.0397. The molecule has 34 heavy (non-hydrogen) atoms. The van der Waals surface area contributed by atoms with Gasteiger partial charge >= 0.3 is 0 Å². The van der Waals surface area contributed by atoms with Crippen molar-refractivity contribution in [1.82, 2.24) is 5.32 Å². The van der Waals surface area contributed by atoms with Crippen molar-refractivity contribution in [2.24, 2.45) is 10.9 Å². The summed E-state index contributed by atoms with van der Waals surface area (Å²) in [6, 6.07) is 6.19. The highest BCUT2D eigenvalue weighted by atomic mass is 32.3. The molecule has 0 saturated carbocycles. The standard InChI is InChI=1S/C20H32N2O2S.C5H12O.C2H6.H2O/c1-6-25(4,5)24-17(3)22-14-19-13-16(2)7-8-20(19)23-15-18-9-11-21-12-10-18;1-5(2,3)6-4;1-2;/h7-8,13-14,18,21H,3,6,9-12,15H2,1-2,4-5H3;1-4H3;1-2H3;1H2/b22-14+;;;. The number of nitrogens with zero attached hydrogens (tertiary/aromatic N) is 1. The molecule has 7 heteroatoms.